The zero-order valence-corrected chi connectivity index (χ0v) is 14.3. The van der Waals surface area contributed by atoms with Crippen molar-refractivity contribution in [1.82, 2.24) is 9.97 Å². The highest BCUT2D eigenvalue weighted by Crippen LogP contribution is 2.32. The largest absolute Gasteiger partial charge is 0.441 e. The number of carbonyl (C=O) groups excluding carboxylic acids is 1. The third kappa shape index (κ3) is 2.82. The van der Waals surface area contributed by atoms with E-state index in [9.17, 15) is 4.79 Å². The van der Waals surface area contributed by atoms with E-state index in [4.69, 9.17) is 4.42 Å². The summed E-state index contributed by atoms with van der Waals surface area (Å²) in [5.41, 5.74) is 3.72. The Morgan fingerprint density at radius 1 is 1.28 bits per heavy atom. The van der Waals surface area contributed by atoms with Gasteiger partial charge in [-0.2, -0.15) is 0 Å². The van der Waals surface area contributed by atoms with Gasteiger partial charge in [0, 0.05) is 24.1 Å². The minimum atomic E-state index is 0.0478. The zero-order valence-electron chi connectivity index (χ0n) is 14.3. The number of hydrogen-bond donors (Lipinski definition) is 0. The molecule has 0 bridgehead atoms. The number of pyridine rings is 1. The fourth-order valence-electron chi connectivity index (χ4n) is 3.38. The Balaban J connectivity index is 1.59. The lowest BCUT2D eigenvalue weighted by atomic mass is 10.1. The van der Waals surface area contributed by atoms with E-state index in [1.54, 1.807) is 12.4 Å². The highest BCUT2D eigenvalue weighted by molar-refractivity contribution is 5.97. The molecule has 1 atom stereocenters. The van der Waals surface area contributed by atoms with Gasteiger partial charge in [-0.25, -0.2) is 4.98 Å². The number of hydrogen-bond acceptors (Lipinski definition) is 4. The highest BCUT2D eigenvalue weighted by atomic mass is 16.4. The molecule has 0 saturated carbocycles. The van der Waals surface area contributed by atoms with E-state index in [-0.39, 0.29) is 18.4 Å². The molecule has 5 heteroatoms. The second-order valence-corrected chi connectivity index (χ2v) is 6.39. The first kappa shape index (κ1) is 15.6. The summed E-state index contributed by atoms with van der Waals surface area (Å²) in [6.07, 6.45) is 4.53. The molecule has 0 saturated heterocycles. The smallest absolute Gasteiger partial charge is 0.233 e. The lowest BCUT2D eigenvalue weighted by molar-refractivity contribution is -0.118. The standard InChI is InChI=1S/C20H19N3O2/c1-13-10-15-6-3-4-8-18(15)23(13)19(24)11-17-14(2)25-20(22-17)16-7-5-9-21-12-16/h3-9,12-13H,10-11H2,1-2H3. The molecule has 1 aliphatic rings. The van der Waals surface area contributed by atoms with Crippen LogP contribution >= 0.6 is 0 Å². The Morgan fingerprint density at radius 3 is 2.92 bits per heavy atom. The Morgan fingerprint density at radius 2 is 2.12 bits per heavy atom. The quantitative estimate of drug-likeness (QED) is 0.735. The van der Waals surface area contributed by atoms with Gasteiger partial charge in [0.15, 0.2) is 0 Å². The van der Waals surface area contributed by atoms with Crippen molar-refractivity contribution in [2.45, 2.75) is 32.7 Å². The normalized spacial score (nSPS) is 16.1. The Hall–Kier alpha value is -2.95. The first-order valence-corrected chi connectivity index (χ1v) is 8.40. The third-order valence-electron chi connectivity index (χ3n) is 4.60. The van der Waals surface area contributed by atoms with Crippen molar-refractivity contribution in [1.29, 1.82) is 0 Å². The van der Waals surface area contributed by atoms with Crippen molar-refractivity contribution in [3.05, 3.63) is 65.8 Å². The van der Waals surface area contributed by atoms with Gasteiger partial charge < -0.3 is 9.32 Å². The fourth-order valence-corrected chi connectivity index (χ4v) is 3.38. The van der Waals surface area contributed by atoms with Crippen LogP contribution in [0.1, 0.15) is 23.9 Å². The van der Waals surface area contributed by atoms with Crippen molar-refractivity contribution in [3.63, 3.8) is 0 Å². The summed E-state index contributed by atoms with van der Waals surface area (Å²) in [7, 11) is 0. The van der Waals surface area contributed by atoms with Crippen LogP contribution in [-0.4, -0.2) is 21.9 Å². The molecule has 1 aromatic carbocycles. The maximum Gasteiger partial charge on any atom is 0.233 e. The zero-order chi connectivity index (χ0) is 17.4. The number of carbonyl (C=O) groups is 1. The summed E-state index contributed by atoms with van der Waals surface area (Å²) >= 11 is 0. The molecule has 25 heavy (non-hydrogen) atoms. The van der Waals surface area contributed by atoms with E-state index in [1.165, 1.54) is 5.56 Å². The minimum absolute atomic E-state index is 0.0478. The van der Waals surface area contributed by atoms with Crippen molar-refractivity contribution in [3.8, 4) is 11.5 Å². The van der Waals surface area contributed by atoms with Gasteiger partial charge in [0.2, 0.25) is 11.8 Å². The predicted molar refractivity (Wildman–Crippen MR) is 95.3 cm³/mol. The summed E-state index contributed by atoms with van der Waals surface area (Å²) in [5.74, 6) is 1.22. The molecule has 0 N–H and O–H groups in total. The number of para-hydroxylation sites is 1. The molecule has 0 fully saturated rings. The van der Waals surface area contributed by atoms with E-state index in [0.717, 1.165) is 17.7 Å². The molecular weight excluding hydrogens is 314 g/mol. The van der Waals surface area contributed by atoms with Crippen molar-refractivity contribution >= 4 is 11.6 Å². The molecular formula is C20H19N3O2. The van der Waals surface area contributed by atoms with E-state index >= 15 is 0 Å². The van der Waals surface area contributed by atoms with Crippen LogP contribution < -0.4 is 4.90 Å². The summed E-state index contributed by atoms with van der Waals surface area (Å²) in [6.45, 7) is 3.92. The third-order valence-corrected chi connectivity index (χ3v) is 4.60. The van der Waals surface area contributed by atoms with Gasteiger partial charge in [0.25, 0.3) is 0 Å². The maximum atomic E-state index is 12.9. The minimum Gasteiger partial charge on any atom is -0.441 e. The summed E-state index contributed by atoms with van der Waals surface area (Å²) in [4.78, 5) is 23.4. The SMILES string of the molecule is Cc1oc(-c2cccnc2)nc1CC(=O)N1c2ccccc2CC1C. The lowest BCUT2D eigenvalue weighted by Crippen LogP contribution is -2.37. The van der Waals surface area contributed by atoms with Crippen LogP contribution in [0.15, 0.2) is 53.2 Å². The van der Waals surface area contributed by atoms with Gasteiger partial charge >= 0.3 is 0 Å². The van der Waals surface area contributed by atoms with Crippen molar-refractivity contribution in [2.75, 3.05) is 4.90 Å². The monoisotopic (exact) mass is 333 g/mol. The van der Waals surface area contributed by atoms with Crippen LogP contribution in [0.4, 0.5) is 5.69 Å². The van der Waals surface area contributed by atoms with Crippen molar-refractivity contribution < 1.29 is 9.21 Å². The fraction of sp³-hybridized carbons (Fsp3) is 0.250. The van der Waals surface area contributed by atoms with E-state index in [1.807, 2.05) is 42.2 Å². The highest BCUT2D eigenvalue weighted by Gasteiger charge is 2.31. The number of aromatic nitrogens is 2. The van der Waals surface area contributed by atoms with Crippen LogP contribution in [-0.2, 0) is 17.6 Å². The molecule has 3 aromatic rings. The Labute approximate surface area is 146 Å². The summed E-state index contributed by atoms with van der Waals surface area (Å²) in [6, 6.07) is 12.0. The van der Waals surface area contributed by atoms with E-state index in [0.29, 0.717) is 17.3 Å². The molecule has 126 valence electrons. The number of aryl methyl sites for hydroxylation is 1. The Kier molecular flexibility index (Phi) is 3.84. The van der Waals surface area contributed by atoms with E-state index < -0.39 is 0 Å². The maximum absolute atomic E-state index is 12.9. The molecule has 3 heterocycles. The van der Waals surface area contributed by atoms with Crippen LogP contribution in [0, 0.1) is 6.92 Å². The van der Waals surface area contributed by atoms with Gasteiger partial charge in [-0.3, -0.25) is 9.78 Å². The number of anilines is 1. The van der Waals surface area contributed by atoms with Crippen molar-refractivity contribution in [2.24, 2.45) is 0 Å². The van der Waals surface area contributed by atoms with Gasteiger partial charge in [-0.05, 0) is 44.0 Å². The average molecular weight is 333 g/mol. The first-order valence-electron chi connectivity index (χ1n) is 8.40. The van der Waals surface area contributed by atoms with Crippen LogP contribution in [0.2, 0.25) is 0 Å². The van der Waals surface area contributed by atoms with Crippen LogP contribution in [0.25, 0.3) is 11.5 Å². The molecule has 1 unspecified atom stereocenters. The topological polar surface area (TPSA) is 59.2 Å². The van der Waals surface area contributed by atoms with Gasteiger partial charge in [-0.15, -0.1) is 0 Å². The Bertz CT molecular complexity index is 918. The number of benzene rings is 1. The average Bonchev–Trinajstić information content (AvgIpc) is 3.15. The van der Waals surface area contributed by atoms with Crippen LogP contribution in [0.3, 0.4) is 0 Å². The van der Waals surface area contributed by atoms with Gasteiger partial charge in [0.05, 0.1) is 17.7 Å². The van der Waals surface area contributed by atoms with E-state index in [2.05, 4.69) is 23.0 Å². The molecule has 4 rings (SSSR count). The second kappa shape index (κ2) is 6.16. The molecule has 0 radical (unpaired) electrons. The summed E-state index contributed by atoms with van der Waals surface area (Å²) in [5, 5.41) is 0. The van der Waals surface area contributed by atoms with Gasteiger partial charge in [-0.1, -0.05) is 18.2 Å². The molecule has 0 aliphatic carbocycles. The number of nitrogens with zero attached hydrogens (tertiary/aromatic N) is 3. The predicted octanol–water partition coefficient (Wildman–Crippen LogP) is 3.57. The first-order chi connectivity index (χ1) is 12.1. The molecule has 1 aliphatic heterocycles. The lowest BCUT2D eigenvalue weighted by Gasteiger charge is -2.22. The molecule has 0 spiro atoms. The molecule has 2 aromatic heterocycles. The number of oxazole rings is 1. The number of fused-ring (bicyclic) bond motifs is 1. The van der Waals surface area contributed by atoms with Crippen LogP contribution in [0.5, 0.6) is 0 Å². The second-order valence-electron chi connectivity index (χ2n) is 6.39. The number of rotatable bonds is 3. The molecule has 1 amide bonds. The molecule has 5 nitrogen and oxygen atoms in total. The van der Waals surface area contributed by atoms with Gasteiger partial charge in [0.1, 0.15) is 5.76 Å². The summed E-state index contributed by atoms with van der Waals surface area (Å²) < 4.78 is 5.74. The number of amides is 1.